The number of hydrogen-bond donors (Lipinski definition) is 1. The Bertz CT molecular complexity index is 1660. The number of phenolic OH excluding ortho intramolecular Hbond substituents is 1. The van der Waals surface area contributed by atoms with Crippen LogP contribution in [0.4, 0.5) is 5.69 Å². The van der Waals surface area contributed by atoms with Crippen LogP contribution in [0.2, 0.25) is 0 Å². The Balaban J connectivity index is 0.000000241. The second-order valence-electron chi connectivity index (χ2n) is 8.78. The van der Waals surface area contributed by atoms with E-state index < -0.39 is 16.7 Å². The van der Waals surface area contributed by atoms with Crippen molar-refractivity contribution in [2.45, 2.75) is 0 Å². The molecule has 43 heavy (non-hydrogen) atoms. The Morgan fingerprint density at radius 2 is 1.07 bits per heavy atom. The molecule has 4 aromatic carbocycles. The summed E-state index contributed by atoms with van der Waals surface area (Å²) < 4.78 is 5.64. The van der Waals surface area contributed by atoms with E-state index in [0.29, 0.717) is 28.4 Å². The molecular formula is C30H24N3NaO9. The van der Waals surface area contributed by atoms with Gasteiger partial charge in [0.2, 0.25) is 0 Å². The number of hydrogen-bond acceptors (Lipinski definition) is 9. The van der Waals surface area contributed by atoms with Crippen LogP contribution in [0.15, 0.2) is 97.1 Å². The number of para-hydroxylation sites is 2. The van der Waals surface area contributed by atoms with Crippen molar-refractivity contribution < 1.29 is 69.0 Å². The van der Waals surface area contributed by atoms with Crippen LogP contribution >= 0.6 is 0 Å². The van der Waals surface area contributed by atoms with E-state index in [-0.39, 0.29) is 63.7 Å². The first-order chi connectivity index (χ1) is 19.6. The van der Waals surface area contributed by atoms with E-state index in [1.165, 1.54) is 26.2 Å². The van der Waals surface area contributed by atoms with Crippen LogP contribution in [-0.2, 0) is 0 Å². The summed E-state index contributed by atoms with van der Waals surface area (Å²) in [5.74, 6) is 0.0600. The van der Waals surface area contributed by atoms with E-state index in [2.05, 4.69) is 0 Å². The fourth-order valence-electron chi connectivity index (χ4n) is 3.92. The molecule has 0 unspecified atom stereocenters. The van der Waals surface area contributed by atoms with E-state index >= 15 is 0 Å². The number of non-ortho nitro benzene ring substituents is 1. The number of carbonyl (C=O) groups is 4. The predicted octanol–water partition coefficient (Wildman–Crippen LogP) is 1.74. The molecule has 0 spiro atoms. The smallest absolute Gasteiger partial charge is 0.870 e. The normalized spacial score (nSPS) is 12.4. The summed E-state index contributed by atoms with van der Waals surface area (Å²) in [6, 6.07) is 26.5. The molecule has 4 aromatic rings. The molecule has 0 saturated heterocycles. The topological polar surface area (TPSA) is 177 Å². The number of nitro groups is 1. The average molecular weight is 594 g/mol. The third-order valence-electron chi connectivity index (χ3n) is 6.08. The van der Waals surface area contributed by atoms with Gasteiger partial charge in [-0.1, -0.05) is 36.4 Å². The van der Waals surface area contributed by atoms with Crippen LogP contribution < -0.4 is 34.3 Å². The Hall–Kier alpha value is -4.88. The number of imide groups is 2. The Kier molecular flexibility index (Phi) is 11.8. The molecular weight excluding hydrogens is 569 g/mol. The summed E-state index contributed by atoms with van der Waals surface area (Å²) in [5.41, 5.74) is 0.934. The van der Waals surface area contributed by atoms with Gasteiger partial charge in [-0.05, 0) is 48.5 Å². The Morgan fingerprint density at radius 3 is 1.53 bits per heavy atom. The molecule has 0 aromatic heterocycles. The van der Waals surface area contributed by atoms with Gasteiger partial charge in [0.05, 0.1) is 27.2 Å². The zero-order valence-corrected chi connectivity index (χ0v) is 25.3. The van der Waals surface area contributed by atoms with Crippen LogP contribution in [0.1, 0.15) is 41.4 Å². The van der Waals surface area contributed by atoms with Gasteiger partial charge in [-0.25, -0.2) is 0 Å². The van der Waals surface area contributed by atoms with Crippen LogP contribution in [0, 0.1) is 10.1 Å². The van der Waals surface area contributed by atoms with Crippen molar-refractivity contribution >= 4 is 29.3 Å². The van der Waals surface area contributed by atoms with E-state index in [0.717, 1.165) is 15.9 Å². The molecule has 4 amide bonds. The number of rotatable bonds is 3. The fraction of sp³-hybridized carbons (Fsp3) is 0.0667. The summed E-state index contributed by atoms with van der Waals surface area (Å²) >= 11 is 0. The monoisotopic (exact) mass is 593 g/mol. The number of nitro benzene ring substituents is 1. The van der Waals surface area contributed by atoms with E-state index in [4.69, 9.17) is 9.84 Å². The molecule has 0 radical (unpaired) electrons. The Morgan fingerprint density at radius 1 is 0.628 bits per heavy atom. The molecule has 214 valence electrons. The van der Waals surface area contributed by atoms with Crippen molar-refractivity contribution in [3.05, 3.63) is 129 Å². The summed E-state index contributed by atoms with van der Waals surface area (Å²) in [6.07, 6.45) is 0. The van der Waals surface area contributed by atoms with Crippen LogP contribution in [-0.4, -0.2) is 63.0 Å². The van der Waals surface area contributed by atoms with Crippen LogP contribution in [0.5, 0.6) is 17.2 Å². The zero-order chi connectivity index (χ0) is 29.7. The fourth-order valence-corrected chi connectivity index (χ4v) is 3.92. The first-order valence-corrected chi connectivity index (χ1v) is 12.1. The number of benzene rings is 4. The average Bonchev–Trinajstić information content (AvgIpc) is 3.33. The second kappa shape index (κ2) is 14.8. The van der Waals surface area contributed by atoms with Crippen LogP contribution in [0.3, 0.4) is 0 Å². The molecule has 2 heterocycles. The number of fused-ring (bicyclic) bond motifs is 2. The van der Waals surface area contributed by atoms with Gasteiger partial charge in [0, 0.05) is 26.2 Å². The molecule has 13 heteroatoms. The predicted molar refractivity (Wildman–Crippen MR) is 149 cm³/mol. The second-order valence-corrected chi connectivity index (χ2v) is 8.78. The van der Waals surface area contributed by atoms with Gasteiger partial charge in [-0.3, -0.25) is 39.1 Å². The van der Waals surface area contributed by atoms with E-state index in [9.17, 15) is 29.3 Å². The number of amides is 4. The molecule has 0 fully saturated rings. The van der Waals surface area contributed by atoms with Crippen molar-refractivity contribution in [3.8, 4) is 17.2 Å². The van der Waals surface area contributed by atoms with E-state index in [1.54, 1.807) is 42.5 Å². The molecule has 0 bridgehead atoms. The van der Waals surface area contributed by atoms with Crippen molar-refractivity contribution in [2.75, 3.05) is 14.1 Å². The SMILES string of the molecule is CN1C(=O)c2ccc(Oc3ccccc3)cc2C1=O.CN1C(=O)c2ccc([N+](=O)[O-])cc2C1=O.Oc1ccccc1.[Na+].[OH-]. The van der Waals surface area contributed by atoms with Gasteiger partial charge < -0.3 is 15.3 Å². The molecule has 2 N–H and O–H groups in total. The maximum atomic E-state index is 11.9. The van der Waals surface area contributed by atoms with Crippen molar-refractivity contribution in [2.24, 2.45) is 0 Å². The third kappa shape index (κ3) is 7.70. The van der Waals surface area contributed by atoms with Crippen molar-refractivity contribution in [1.82, 2.24) is 9.80 Å². The molecule has 0 atom stereocenters. The maximum absolute atomic E-state index is 11.9. The van der Waals surface area contributed by atoms with Gasteiger partial charge in [0.25, 0.3) is 29.3 Å². The van der Waals surface area contributed by atoms with Gasteiger partial charge in [-0.2, -0.15) is 0 Å². The van der Waals surface area contributed by atoms with Gasteiger partial charge in [0.15, 0.2) is 0 Å². The number of carbonyl (C=O) groups excluding carboxylic acids is 4. The molecule has 2 aliphatic heterocycles. The van der Waals surface area contributed by atoms with E-state index in [1.807, 2.05) is 36.4 Å². The molecule has 6 rings (SSSR count). The summed E-state index contributed by atoms with van der Waals surface area (Å²) in [7, 11) is 2.82. The molecule has 2 aliphatic rings. The minimum atomic E-state index is -0.601. The summed E-state index contributed by atoms with van der Waals surface area (Å²) in [6.45, 7) is 0. The largest absolute Gasteiger partial charge is 1.00 e. The zero-order valence-electron chi connectivity index (χ0n) is 23.3. The summed E-state index contributed by atoms with van der Waals surface area (Å²) in [4.78, 5) is 58.4. The number of aromatic hydroxyl groups is 1. The third-order valence-corrected chi connectivity index (χ3v) is 6.08. The summed E-state index contributed by atoms with van der Waals surface area (Å²) in [5, 5.41) is 19.1. The van der Waals surface area contributed by atoms with Crippen molar-refractivity contribution in [1.29, 1.82) is 0 Å². The number of nitrogens with zero attached hydrogens (tertiary/aromatic N) is 3. The molecule has 0 aliphatic carbocycles. The van der Waals surface area contributed by atoms with Gasteiger partial charge >= 0.3 is 29.6 Å². The van der Waals surface area contributed by atoms with Crippen LogP contribution in [0.25, 0.3) is 0 Å². The van der Waals surface area contributed by atoms with Gasteiger partial charge in [-0.15, -0.1) is 0 Å². The molecule has 0 saturated carbocycles. The maximum Gasteiger partial charge on any atom is 1.00 e. The first kappa shape index (κ1) is 34.3. The Labute approximate surface area is 267 Å². The first-order valence-electron chi connectivity index (χ1n) is 12.1. The standard InChI is InChI=1S/C15H11NO3.C9H6N2O4.C6H6O.Na.H2O/c1-16-14(17)12-8-7-11(9-13(12)15(16)18)19-10-5-3-2-4-6-10;1-10-8(12)6-3-2-5(11(14)15)4-7(6)9(10)13;7-6-4-2-1-3-5-6;;/h2-9H,1H3;2-4H,1H3;1-5,7H;;1H2/q;;;+1;/p-1. The van der Waals surface area contributed by atoms with Gasteiger partial charge in [0.1, 0.15) is 17.2 Å². The minimum absolute atomic E-state index is 0. The molecule has 12 nitrogen and oxygen atoms in total. The van der Waals surface area contributed by atoms with Crippen molar-refractivity contribution in [3.63, 3.8) is 0 Å². The number of ether oxygens (including phenoxy) is 1. The minimum Gasteiger partial charge on any atom is -0.870 e. The quantitative estimate of drug-likeness (QED) is 0.160. The number of phenols is 1.